The van der Waals surface area contributed by atoms with Crippen LogP contribution < -0.4 is 4.74 Å². The lowest BCUT2D eigenvalue weighted by Crippen LogP contribution is -2.33. The van der Waals surface area contributed by atoms with Gasteiger partial charge < -0.3 is 4.74 Å². The van der Waals surface area contributed by atoms with Crippen LogP contribution in [0, 0.1) is 0 Å². The smallest absolute Gasteiger partial charge is 0.312 e. The highest BCUT2D eigenvalue weighted by Crippen LogP contribution is 2.53. The molecule has 0 bridgehead atoms. The molecule has 6 rings (SSSR count). The third-order valence-electron chi connectivity index (χ3n) is 6.76. The first-order valence-corrected chi connectivity index (χ1v) is 12.0. The number of benzene rings is 4. The third-order valence-corrected chi connectivity index (χ3v) is 7.00. The van der Waals surface area contributed by atoms with Gasteiger partial charge in [0.05, 0.1) is 17.6 Å². The summed E-state index contributed by atoms with van der Waals surface area (Å²) in [6.07, 6.45) is 0.787. The average molecular weight is 476 g/mol. The molecule has 0 aliphatic heterocycles. The maximum Gasteiger partial charge on any atom is 0.312 e. The van der Waals surface area contributed by atoms with E-state index in [0.717, 1.165) is 38.9 Å². The van der Waals surface area contributed by atoms with Crippen molar-refractivity contribution in [2.24, 2.45) is 0 Å². The summed E-state index contributed by atoms with van der Waals surface area (Å²) in [6.45, 7) is 0. The molecule has 5 aromatic rings. The summed E-state index contributed by atoms with van der Waals surface area (Å²) in [5.74, 6) is 0.243. The van der Waals surface area contributed by atoms with Crippen LogP contribution in [0.2, 0.25) is 5.02 Å². The van der Waals surface area contributed by atoms with Crippen molar-refractivity contribution in [3.8, 4) is 17.0 Å². The van der Waals surface area contributed by atoms with Crippen molar-refractivity contribution in [3.05, 3.63) is 131 Å². The van der Waals surface area contributed by atoms with Gasteiger partial charge in [0.2, 0.25) is 0 Å². The molecule has 4 heteroatoms. The van der Waals surface area contributed by atoms with Gasteiger partial charge in [-0.05, 0) is 59.5 Å². The fourth-order valence-electron chi connectivity index (χ4n) is 5.24. The van der Waals surface area contributed by atoms with E-state index >= 15 is 0 Å². The van der Waals surface area contributed by atoms with E-state index in [4.69, 9.17) is 21.3 Å². The number of hydrogen-bond donors (Lipinski definition) is 0. The molecule has 1 aromatic heterocycles. The maximum atomic E-state index is 13.5. The van der Waals surface area contributed by atoms with Crippen LogP contribution in [-0.2, 0) is 16.6 Å². The predicted molar refractivity (Wildman–Crippen MR) is 140 cm³/mol. The van der Waals surface area contributed by atoms with Crippen molar-refractivity contribution in [1.29, 1.82) is 0 Å². The molecule has 4 aromatic carbocycles. The highest BCUT2D eigenvalue weighted by atomic mass is 35.5. The summed E-state index contributed by atoms with van der Waals surface area (Å²) in [5, 5.41) is 1.67. The standard InChI is InChI=1S/C31H22ClNO2/c32-23-15-16-25-26(18-23)31(19-21-9-3-1-4-10-21,20-29(34)35-24-12-5-2-6-13-24)27-17-22-11-7-8-14-28(22)33-30(25)27/h1-18H,19-20H2. The second-order valence-electron chi connectivity index (χ2n) is 8.98. The van der Waals surface area contributed by atoms with Crippen LogP contribution in [0.4, 0.5) is 0 Å². The Balaban J connectivity index is 1.56. The average Bonchev–Trinajstić information content (AvgIpc) is 3.11. The van der Waals surface area contributed by atoms with E-state index in [-0.39, 0.29) is 12.4 Å². The zero-order valence-corrected chi connectivity index (χ0v) is 19.7. The van der Waals surface area contributed by atoms with Gasteiger partial charge in [-0.25, -0.2) is 4.98 Å². The fourth-order valence-corrected chi connectivity index (χ4v) is 5.41. The van der Waals surface area contributed by atoms with Crippen molar-refractivity contribution in [1.82, 2.24) is 4.98 Å². The van der Waals surface area contributed by atoms with Gasteiger partial charge in [0.25, 0.3) is 0 Å². The molecule has 35 heavy (non-hydrogen) atoms. The highest BCUT2D eigenvalue weighted by molar-refractivity contribution is 6.30. The number of pyridine rings is 1. The zero-order chi connectivity index (χ0) is 23.8. The molecule has 1 unspecified atom stereocenters. The number of halogens is 1. The Bertz CT molecular complexity index is 1550. The molecule has 1 aliphatic rings. The van der Waals surface area contributed by atoms with E-state index in [0.29, 0.717) is 17.2 Å². The Morgan fingerprint density at radius 2 is 1.51 bits per heavy atom. The molecular formula is C31H22ClNO2. The van der Waals surface area contributed by atoms with E-state index in [2.05, 4.69) is 24.3 Å². The van der Waals surface area contributed by atoms with Crippen LogP contribution in [0.3, 0.4) is 0 Å². The van der Waals surface area contributed by atoms with Gasteiger partial charge in [0.1, 0.15) is 5.75 Å². The Morgan fingerprint density at radius 3 is 2.31 bits per heavy atom. The first kappa shape index (κ1) is 21.6. The molecule has 170 valence electrons. The molecular weight excluding hydrogens is 454 g/mol. The van der Waals surface area contributed by atoms with Crippen molar-refractivity contribution in [2.45, 2.75) is 18.3 Å². The Labute approximate surface area is 209 Å². The fraction of sp³-hybridized carbons (Fsp3) is 0.0968. The van der Waals surface area contributed by atoms with Crippen molar-refractivity contribution >= 4 is 28.5 Å². The van der Waals surface area contributed by atoms with Gasteiger partial charge in [-0.15, -0.1) is 0 Å². The lowest BCUT2D eigenvalue weighted by Gasteiger charge is -2.31. The highest BCUT2D eigenvalue weighted by Gasteiger charge is 2.46. The van der Waals surface area contributed by atoms with Gasteiger partial charge in [-0.3, -0.25) is 4.79 Å². The van der Waals surface area contributed by atoms with Crippen LogP contribution >= 0.6 is 11.6 Å². The SMILES string of the molecule is O=C(CC1(Cc2ccccc2)c2cc(Cl)ccc2-c2nc3ccccc3cc21)Oc1ccccc1. The molecule has 0 fully saturated rings. The molecule has 1 aliphatic carbocycles. The van der Waals surface area contributed by atoms with Gasteiger partial charge in [-0.1, -0.05) is 84.4 Å². The minimum Gasteiger partial charge on any atom is -0.426 e. The number of ether oxygens (including phenoxy) is 1. The Kier molecular flexibility index (Phi) is 5.35. The summed E-state index contributed by atoms with van der Waals surface area (Å²) >= 11 is 6.53. The topological polar surface area (TPSA) is 39.2 Å². The number of nitrogens with zero attached hydrogens (tertiary/aromatic N) is 1. The first-order chi connectivity index (χ1) is 17.1. The monoisotopic (exact) mass is 475 g/mol. The summed E-state index contributed by atoms with van der Waals surface area (Å²) in [5.41, 5.74) is 5.35. The second kappa shape index (κ2) is 8.68. The summed E-state index contributed by atoms with van der Waals surface area (Å²) in [4.78, 5) is 18.5. The summed E-state index contributed by atoms with van der Waals surface area (Å²) in [7, 11) is 0. The number of aromatic nitrogens is 1. The quantitative estimate of drug-likeness (QED) is 0.196. The van der Waals surface area contributed by atoms with Crippen LogP contribution in [0.1, 0.15) is 23.1 Å². The van der Waals surface area contributed by atoms with E-state index in [1.807, 2.05) is 72.8 Å². The molecule has 1 atom stereocenters. The summed E-state index contributed by atoms with van der Waals surface area (Å²) in [6, 6.07) is 35.6. The summed E-state index contributed by atoms with van der Waals surface area (Å²) < 4.78 is 5.79. The molecule has 3 nitrogen and oxygen atoms in total. The minimum absolute atomic E-state index is 0.164. The predicted octanol–water partition coefficient (Wildman–Crippen LogP) is 7.39. The maximum absolute atomic E-state index is 13.5. The van der Waals surface area contributed by atoms with Crippen LogP contribution in [-0.4, -0.2) is 11.0 Å². The van der Waals surface area contributed by atoms with E-state index in [1.165, 1.54) is 0 Å². The lowest BCUT2D eigenvalue weighted by atomic mass is 9.71. The molecule has 0 amide bonds. The lowest BCUT2D eigenvalue weighted by molar-refractivity contribution is -0.135. The van der Waals surface area contributed by atoms with E-state index < -0.39 is 5.41 Å². The van der Waals surface area contributed by atoms with Crippen LogP contribution in [0.25, 0.3) is 22.2 Å². The zero-order valence-electron chi connectivity index (χ0n) is 18.9. The molecule has 0 spiro atoms. The number of esters is 1. The van der Waals surface area contributed by atoms with Crippen molar-refractivity contribution in [2.75, 3.05) is 0 Å². The largest absolute Gasteiger partial charge is 0.426 e. The van der Waals surface area contributed by atoms with E-state index in [9.17, 15) is 4.79 Å². The number of fused-ring (bicyclic) bond motifs is 4. The minimum atomic E-state index is -0.667. The van der Waals surface area contributed by atoms with Crippen molar-refractivity contribution < 1.29 is 9.53 Å². The van der Waals surface area contributed by atoms with Gasteiger partial charge >= 0.3 is 5.97 Å². The number of para-hydroxylation sites is 2. The first-order valence-electron chi connectivity index (χ1n) is 11.6. The van der Waals surface area contributed by atoms with E-state index in [1.54, 1.807) is 12.1 Å². The van der Waals surface area contributed by atoms with Gasteiger partial charge in [0, 0.05) is 21.4 Å². The normalized spacial score (nSPS) is 16.0. The second-order valence-corrected chi connectivity index (χ2v) is 9.41. The van der Waals surface area contributed by atoms with Crippen LogP contribution in [0.5, 0.6) is 5.75 Å². The molecule has 0 N–H and O–H groups in total. The van der Waals surface area contributed by atoms with Gasteiger partial charge in [-0.2, -0.15) is 0 Å². The number of carbonyl (C=O) groups excluding carboxylic acids is 1. The molecule has 0 radical (unpaired) electrons. The van der Waals surface area contributed by atoms with Gasteiger partial charge in [0.15, 0.2) is 0 Å². The Morgan fingerprint density at radius 1 is 0.800 bits per heavy atom. The Hall–Kier alpha value is -3.95. The number of rotatable bonds is 5. The van der Waals surface area contributed by atoms with Crippen molar-refractivity contribution in [3.63, 3.8) is 0 Å². The molecule has 0 saturated heterocycles. The van der Waals surface area contributed by atoms with Crippen LogP contribution in [0.15, 0.2) is 109 Å². The third kappa shape index (κ3) is 3.88. The number of hydrogen-bond acceptors (Lipinski definition) is 3. The molecule has 0 saturated carbocycles. The molecule has 1 heterocycles. The number of carbonyl (C=O) groups is 1.